The van der Waals surface area contributed by atoms with Crippen LogP contribution in [0.1, 0.15) is 95.7 Å². The predicted molar refractivity (Wildman–Crippen MR) is 190 cm³/mol. The first kappa shape index (κ1) is 30.1. The fraction of sp³-hybridized carbons (Fsp3) is 0.333. The van der Waals surface area contributed by atoms with Crippen LogP contribution in [0.4, 0.5) is 0 Å². The van der Waals surface area contributed by atoms with Crippen molar-refractivity contribution in [2.24, 2.45) is 0 Å². The molecule has 0 radical (unpaired) electrons. The van der Waals surface area contributed by atoms with Crippen molar-refractivity contribution in [1.29, 1.82) is 0 Å². The normalized spacial score (nSPS) is 20.7. The standard InChI is InChI=1S/C34H30Si.2C4H9.Zr/c1-3-25-23-27-15-11-13-21-31(27)33(25)35(29-17-7-5-8-18-29,30-19-9-6-10-20-30)34-26(4-2)24-28-16-12-14-22-32(28)34;2*1-3-4-2;/h5-24H,3-4H2,1-2H3;2*1,3-4H2,2H3;. The number of benzene rings is 4. The molecule has 4 aromatic carbocycles. The van der Waals surface area contributed by atoms with E-state index in [0.29, 0.717) is 7.25 Å². The van der Waals surface area contributed by atoms with Crippen molar-refractivity contribution in [3.63, 3.8) is 0 Å². The van der Waals surface area contributed by atoms with Crippen molar-refractivity contribution in [3.05, 3.63) is 143 Å². The molecule has 1 aliphatic heterocycles. The van der Waals surface area contributed by atoms with E-state index in [1.54, 1.807) is 43.0 Å². The van der Waals surface area contributed by atoms with Crippen LogP contribution in [0, 0.1) is 0 Å². The molecule has 2 atom stereocenters. The molecular formula is C42H48SiZr. The number of allylic oxidation sites excluding steroid dienone is 2. The molecule has 0 saturated carbocycles. The van der Waals surface area contributed by atoms with E-state index in [9.17, 15) is 0 Å². The summed E-state index contributed by atoms with van der Waals surface area (Å²) in [6.45, 7) is 9.87. The molecule has 0 saturated heterocycles. The topological polar surface area (TPSA) is 0 Å². The molecule has 2 aliphatic carbocycles. The van der Waals surface area contributed by atoms with Gasteiger partial charge in [-0.1, -0.05) is 0 Å². The zero-order chi connectivity index (χ0) is 30.3. The van der Waals surface area contributed by atoms with Crippen molar-refractivity contribution < 1.29 is 20.3 Å². The molecule has 0 nitrogen and oxygen atoms in total. The van der Waals surface area contributed by atoms with Gasteiger partial charge in [0.25, 0.3) is 0 Å². The fourth-order valence-corrected chi connectivity index (χ4v) is 35.4. The van der Waals surface area contributed by atoms with Crippen LogP contribution >= 0.6 is 0 Å². The first-order chi connectivity index (χ1) is 21.7. The predicted octanol–water partition coefficient (Wildman–Crippen LogP) is 10.8. The Balaban J connectivity index is 1.74. The van der Waals surface area contributed by atoms with E-state index in [4.69, 9.17) is 0 Å². The average molecular weight is 672 g/mol. The van der Waals surface area contributed by atoms with Crippen LogP contribution < -0.4 is 10.4 Å². The third kappa shape index (κ3) is 4.23. The van der Waals surface area contributed by atoms with E-state index < -0.39 is 28.3 Å². The monoisotopic (exact) mass is 670 g/mol. The van der Waals surface area contributed by atoms with Gasteiger partial charge in [0.2, 0.25) is 0 Å². The summed E-state index contributed by atoms with van der Waals surface area (Å²) in [5, 5.41) is 6.65. The molecule has 7 rings (SSSR count). The fourth-order valence-electron chi connectivity index (χ4n) is 10.0. The zero-order valence-electron chi connectivity index (χ0n) is 27.2. The third-order valence-corrected chi connectivity index (χ3v) is 31.8. The number of rotatable bonds is 10. The van der Waals surface area contributed by atoms with Gasteiger partial charge in [-0.15, -0.1) is 0 Å². The maximum absolute atomic E-state index is 3.13. The zero-order valence-corrected chi connectivity index (χ0v) is 30.7. The van der Waals surface area contributed by atoms with Gasteiger partial charge in [-0.2, -0.15) is 0 Å². The van der Waals surface area contributed by atoms with Gasteiger partial charge < -0.3 is 0 Å². The molecule has 4 aromatic rings. The molecule has 3 aliphatic rings. The van der Waals surface area contributed by atoms with Crippen molar-refractivity contribution in [2.75, 3.05) is 0 Å². The molecule has 0 amide bonds. The number of unbranched alkanes of at least 4 members (excludes halogenated alkanes) is 2. The van der Waals surface area contributed by atoms with E-state index in [1.807, 2.05) is 11.1 Å². The molecule has 1 heterocycles. The second-order valence-electron chi connectivity index (χ2n) is 13.5. The minimum atomic E-state index is -3.13. The number of hydrogen-bond acceptors (Lipinski definition) is 0. The van der Waals surface area contributed by atoms with Gasteiger partial charge in [-0.05, 0) is 0 Å². The minimum absolute atomic E-state index is 0.664. The number of fused-ring (bicyclic) bond motifs is 8. The Bertz CT molecular complexity index is 1580. The Morgan fingerprint density at radius 2 is 0.886 bits per heavy atom. The summed E-state index contributed by atoms with van der Waals surface area (Å²) >= 11 is -3.13. The second-order valence-corrected chi connectivity index (χ2v) is 28.5. The Kier molecular flexibility index (Phi) is 8.45. The van der Waals surface area contributed by atoms with Crippen LogP contribution in [-0.2, 0) is 20.3 Å². The van der Waals surface area contributed by atoms with Gasteiger partial charge >= 0.3 is 273 Å². The van der Waals surface area contributed by atoms with E-state index in [2.05, 4.69) is 137 Å². The summed E-state index contributed by atoms with van der Waals surface area (Å²) in [6.07, 6.45) is 7.70. The van der Waals surface area contributed by atoms with Gasteiger partial charge in [-0.3, -0.25) is 0 Å². The summed E-state index contributed by atoms with van der Waals surface area (Å²) in [5.74, 6) is 0. The van der Waals surface area contributed by atoms with E-state index in [1.165, 1.54) is 33.9 Å². The average Bonchev–Trinajstić information content (AvgIpc) is 3.62. The summed E-state index contributed by atoms with van der Waals surface area (Å²) in [5.41, 5.74) is 10.3. The van der Waals surface area contributed by atoms with Crippen molar-refractivity contribution in [3.8, 4) is 0 Å². The van der Waals surface area contributed by atoms with Crippen LogP contribution in [0.25, 0.3) is 10.4 Å². The van der Waals surface area contributed by atoms with E-state index in [0.717, 1.165) is 12.8 Å². The maximum atomic E-state index is 2.59. The molecule has 44 heavy (non-hydrogen) atoms. The molecule has 0 fully saturated rings. The third-order valence-electron chi connectivity index (χ3n) is 11.5. The van der Waals surface area contributed by atoms with Crippen LogP contribution in [0.2, 0.25) is 8.26 Å². The molecule has 2 heteroatoms. The Hall–Kier alpha value is -2.54. The summed E-state index contributed by atoms with van der Waals surface area (Å²) in [4.78, 5) is 0. The Morgan fingerprint density at radius 1 is 0.500 bits per heavy atom. The SMILES string of the molecule is CCC[CH2][Zr]1([CH2]CCC)[CH]2C(CC)=C(c3ccccc32)[Si](c2ccccc2)(c2ccccc2)C2=C(CC)[CH]1c1ccccc12. The van der Waals surface area contributed by atoms with Gasteiger partial charge in [0.05, 0.1) is 0 Å². The van der Waals surface area contributed by atoms with Gasteiger partial charge in [0, 0.05) is 0 Å². The van der Waals surface area contributed by atoms with Gasteiger partial charge in [0.1, 0.15) is 0 Å². The summed E-state index contributed by atoms with van der Waals surface area (Å²) in [6, 6.07) is 43.4. The van der Waals surface area contributed by atoms with Crippen molar-refractivity contribution in [2.45, 2.75) is 81.7 Å². The van der Waals surface area contributed by atoms with Crippen molar-refractivity contribution >= 4 is 28.8 Å². The Morgan fingerprint density at radius 3 is 1.27 bits per heavy atom. The molecular weight excluding hydrogens is 624 g/mol. The molecule has 0 aromatic heterocycles. The first-order valence-electron chi connectivity index (χ1n) is 17.5. The molecule has 0 spiro atoms. The quantitative estimate of drug-likeness (QED) is 0.147. The summed E-state index contributed by atoms with van der Waals surface area (Å²) in [7, 11) is -2.70. The van der Waals surface area contributed by atoms with Crippen molar-refractivity contribution in [1.82, 2.24) is 0 Å². The molecule has 4 bridgehead atoms. The van der Waals surface area contributed by atoms with Crippen LogP contribution in [-0.4, -0.2) is 8.07 Å². The Labute approximate surface area is 271 Å². The summed E-state index contributed by atoms with van der Waals surface area (Å²) < 4.78 is 4.33. The van der Waals surface area contributed by atoms with Crippen LogP contribution in [0.3, 0.4) is 0 Å². The number of hydrogen-bond donors (Lipinski definition) is 0. The van der Waals surface area contributed by atoms with Crippen LogP contribution in [0.5, 0.6) is 0 Å². The van der Waals surface area contributed by atoms with Gasteiger partial charge in [-0.25, -0.2) is 0 Å². The molecule has 224 valence electrons. The molecule has 0 N–H and O–H groups in total. The van der Waals surface area contributed by atoms with Crippen LogP contribution in [0.15, 0.2) is 120 Å². The first-order valence-corrected chi connectivity index (χ1v) is 25.8. The van der Waals surface area contributed by atoms with Gasteiger partial charge in [0.15, 0.2) is 0 Å². The molecule has 2 unspecified atom stereocenters. The second kappa shape index (κ2) is 12.3. The van der Waals surface area contributed by atoms with E-state index in [-0.39, 0.29) is 0 Å². The van der Waals surface area contributed by atoms with E-state index >= 15 is 0 Å².